The maximum atomic E-state index is 13.5. The van der Waals surface area contributed by atoms with Crippen molar-refractivity contribution in [2.75, 3.05) is 6.16 Å². The zero-order valence-corrected chi connectivity index (χ0v) is 21.2. The van der Waals surface area contributed by atoms with Crippen molar-refractivity contribution in [2.24, 2.45) is 11.7 Å². The lowest BCUT2D eigenvalue weighted by molar-refractivity contribution is -0.147. The minimum Gasteiger partial charge on any atom is -0.480 e. The molecule has 7 nitrogen and oxygen atoms in total. The summed E-state index contributed by atoms with van der Waals surface area (Å²) >= 11 is 0. The molecule has 0 saturated carbocycles. The molecule has 3 rings (SSSR count). The van der Waals surface area contributed by atoms with E-state index in [-0.39, 0.29) is 25.4 Å². The van der Waals surface area contributed by atoms with Crippen LogP contribution in [0.2, 0.25) is 0 Å². The lowest BCUT2D eigenvalue weighted by Gasteiger charge is -2.30. The first-order valence-corrected chi connectivity index (χ1v) is 13.7. The van der Waals surface area contributed by atoms with E-state index in [0.717, 1.165) is 16.7 Å². The number of amides is 1. The van der Waals surface area contributed by atoms with Gasteiger partial charge in [-0.2, -0.15) is 0 Å². The second-order valence-electron chi connectivity index (χ2n) is 9.37. The first kappa shape index (κ1) is 27.3. The highest BCUT2D eigenvalue weighted by Crippen LogP contribution is 2.47. The minimum absolute atomic E-state index is 0.0667. The molecule has 0 bridgehead atoms. The molecule has 3 aromatic rings. The highest BCUT2D eigenvalue weighted by Gasteiger charge is 2.40. The summed E-state index contributed by atoms with van der Waals surface area (Å²) in [6.45, 7) is 1.44. The van der Waals surface area contributed by atoms with Crippen molar-refractivity contribution in [3.63, 3.8) is 0 Å². The maximum Gasteiger partial charge on any atom is 0.329 e. The van der Waals surface area contributed by atoms with E-state index in [1.54, 1.807) is 24.3 Å². The van der Waals surface area contributed by atoms with Crippen LogP contribution in [0.3, 0.4) is 0 Å². The molecule has 5 N–H and O–H groups in total. The van der Waals surface area contributed by atoms with Gasteiger partial charge in [-0.05, 0) is 36.5 Å². The van der Waals surface area contributed by atoms with Crippen molar-refractivity contribution in [3.05, 3.63) is 108 Å². The molecule has 0 heterocycles. The van der Waals surface area contributed by atoms with Crippen LogP contribution in [0.5, 0.6) is 0 Å². The van der Waals surface area contributed by atoms with E-state index in [1.165, 1.54) is 6.92 Å². The van der Waals surface area contributed by atoms with Crippen LogP contribution in [0.4, 0.5) is 0 Å². The Hall–Kier alpha value is -3.25. The number of hydrogen-bond donors (Lipinski definition) is 4. The molecule has 8 heteroatoms. The number of benzene rings is 3. The standard InChI is InChI=1S/C28H33N2O5P/c1-28(27(32)33,19-23-15-9-4-10-16-23)30-26(31)24(17-21-11-5-2-6-12-21)20-36(34,35)25(29)18-22-13-7-3-8-14-22/h2-16,24-25H,17-20,29H2,1H3,(H,30,31)(H,32,33)(H,34,35)/t24-,25?,28+/m1/s1. The smallest absolute Gasteiger partial charge is 0.329 e. The molecule has 0 fully saturated rings. The normalized spacial score (nSPS) is 16.2. The number of aliphatic carboxylic acids is 1. The van der Waals surface area contributed by atoms with Crippen LogP contribution >= 0.6 is 7.37 Å². The Bertz CT molecular complexity index is 1190. The SMILES string of the molecule is C[C@@](Cc1ccccc1)(NC(=O)[C@H](Cc1ccccc1)CP(=O)(O)C(N)Cc1ccccc1)C(=O)O. The van der Waals surface area contributed by atoms with Crippen LogP contribution in [0.25, 0.3) is 0 Å². The summed E-state index contributed by atoms with van der Waals surface area (Å²) in [6, 6.07) is 27.3. The van der Waals surface area contributed by atoms with Crippen molar-refractivity contribution in [3.8, 4) is 0 Å². The van der Waals surface area contributed by atoms with E-state index in [2.05, 4.69) is 5.32 Å². The lowest BCUT2D eigenvalue weighted by atomic mass is 9.91. The summed E-state index contributed by atoms with van der Waals surface area (Å²) in [7, 11) is -3.98. The van der Waals surface area contributed by atoms with Gasteiger partial charge in [-0.15, -0.1) is 0 Å². The van der Waals surface area contributed by atoms with Gasteiger partial charge in [0.2, 0.25) is 13.3 Å². The molecule has 0 aliphatic heterocycles. The number of rotatable bonds is 12. The molecule has 0 radical (unpaired) electrons. The Morgan fingerprint density at radius 3 is 1.78 bits per heavy atom. The molecule has 0 aromatic heterocycles. The Kier molecular flexibility index (Phi) is 9.21. The van der Waals surface area contributed by atoms with Gasteiger partial charge < -0.3 is 21.1 Å². The van der Waals surface area contributed by atoms with Gasteiger partial charge >= 0.3 is 5.97 Å². The van der Waals surface area contributed by atoms with Crippen molar-refractivity contribution in [1.29, 1.82) is 0 Å². The number of hydrogen-bond acceptors (Lipinski definition) is 4. The third-order valence-corrected chi connectivity index (χ3v) is 8.44. The van der Waals surface area contributed by atoms with Crippen LogP contribution < -0.4 is 11.1 Å². The molecule has 4 atom stereocenters. The van der Waals surface area contributed by atoms with Gasteiger partial charge in [-0.1, -0.05) is 91.0 Å². The van der Waals surface area contributed by atoms with Gasteiger partial charge in [-0.3, -0.25) is 9.36 Å². The molecule has 0 saturated heterocycles. The molecular formula is C28H33N2O5P. The van der Waals surface area contributed by atoms with Gasteiger partial charge in [0, 0.05) is 12.6 Å². The van der Waals surface area contributed by atoms with E-state index in [4.69, 9.17) is 5.73 Å². The van der Waals surface area contributed by atoms with Crippen LogP contribution in [-0.4, -0.2) is 39.4 Å². The van der Waals surface area contributed by atoms with E-state index in [1.807, 2.05) is 66.7 Å². The van der Waals surface area contributed by atoms with E-state index >= 15 is 0 Å². The Balaban J connectivity index is 1.82. The van der Waals surface area contributed by atoms with Crippen molar-refractivity contribution >= 4 is 19.2 Å². The molecule has 0 spiro atoms. The predicted molar refractivity (Wildman–Crippen MR) is 141 cm³/mol. The van der Waals surface area contributed by atoms with E-state index in [9.17, 15) is 24.2 Å². The molecule has 1 amide bonds. The molecule has 190 valence electrons. The largest absolute Gasteiger partial charge is 0.480 e. The summed E-state index contributed by atoms with van der Waals surface area (Å²) in [5.74, 6) is -3.78. The monoisotopic (exact) mass is 508 g/mol. The van der Waals surface area contributed by atoms with Crippen molar-refractivity contribution in [2.45, 2.75) is 37.5 Å². The highest BCUT2D eigenvalue weighted by atomic mass is 31.2. The summed E-state index contributed by atoms with van der Waals surface area (Å²) in [6.07, 6.45) is 0.0749. The topological polar surface area (TPSA) is 130 Å². The number of carbonyl (C=O) groups is 2. The molecule has 0 aliphatic rings. The summed E-state index contributed by atoms with van der Waals surface area (Å²) in [5, 5.41) is 12.6. The lowest BCUT2D eigenvalue weighted by Crippen LogP contribution is -2.56. The Morgan fingerprint density at radius 2 is 1.31 bits per heavy atom. The van der Waals surface area contributed by atoms with Gasteiger partial charge in [0.05, 0.1) is 11.7 Å². The molecule has 36 heavy (non-hydrogen) atoms. The number of carboxylic acids is 1. The van der Waals surface area contributed by atoms with Gasteiger partial charge in [0.15, 0.2) is 0 Å². The van der Waals surface area contributed by atoms with Gasteiger partial charge in [0.1, 0.15) is 5.54 Å². The number of carboxylic acid groups (broad SMARTS) is 1. The number of nitrogens with one attached hydrogen (secondary N) is 1. The number of nitrogens with two attached hydrogens (primary N) is 1. The van der Waals surface area contributed by atoms with Gasteiger partial charge in [0.25, 0.3) is 0 Å². The van der Waals surface area contributed by atoms with Crippen LogP contribution in [-0.2, 0) is 33.4 Å². The summed E-state index contributed by atoms with van der Waals surface area (Å²) in [5.41, 5.74) is 6.94. The molecule has 0 aliphatic carbocycles. The molecule has 2 unspecified atom stereocenters. The molecular weight excluding hydrogens is 475 g/mol. The summed E-state index contributed by atoms with van der Waals surface area (Å²) < 4.78 is 13.3. The minimum atomic E-state index is -3.98. The average Bonchev–Trinajstić information content (AvgIpc) is 2.85. The van der Waals surface area contributed by atoms with Gasteiger partial charge in [-0.25, -0.2) is 4.79 Å². The summed E-state index contributed by atoms with van der Waals surface area (Å²) in [4.78, 5) is 36.6. The predicted octanol–water partition coefficient (Wildman–Crippen LogP) is 3.85. The highest BCUT2D eigenvalue weighted by molar-refractivity contribution is 7.58. The third-order valence-electron chi connectivity index (χ3n) is 6.26. The van der Waals surface area contributed by atoms with E-state index < -0.39 is 36.5 Å². The third kappa shape index (κ3) is 7.62. The van der Waals surface area contributed by atoms with Crippen molar-refractivity contribution < 1.29 is 24.2 Å². The Morgan fingerprint density at radius 1 is 0.861 bits per heavy atom. The molecule has 3 aromatic carbocycles. The zero-order chi connectivity index (χ0) is 26.2. The first-order valence-electron chi connectivity index (χ1n) is 11.8. The fraction of sp³-hybridized carbons (Fsp3) is 0.286. The second-order valence-corrected chi connectivity index (χ2v) is 11.9. The second kappa shape index (κ2) is 12.1. The maximum absolute atomic E-state index is 13.5. The zero-order valence-electron chi connectivity index (χ0n) is 20.3. The average molecular weight is 509 g/mol. The Labute approximate surface area is 211 Å². The fourth-order valence-electron chi connectivity index (χ4n) is 4.14. The van der Waals surface area contributed by atoms with Crippen LogP contribution in [0.15, 0.2) is 91.0 Å². The van der Waals surface area contributed by atoms with Crippen molar-refractivity contribution in [1.82, 2.24) is 5.32 Å². The fourth-order valence-corrected chi connectivity index (χ4v) is 5.83. The van der Waals surface area contributed by atoms with Crippen LogP contribution in [0.1, 0.15) is 23.6 Å². The van der Waals surface area contributed by atoms with E-state index in [0.29, 0.717) is 0 Å². The quantitative estimate of drug-likeness (QED) is 0.275. The number of carbonyl (C=O) groups excluding carboxylic acids is 1. The first-order chi connectivity index (χ1) is 17.1. The van der Waals surface area contributed by atoms with Crippen LogP contribution in [0, 0.1) is 5.92 Å².